The van der Waals surface area contributed by atoms with Gasteiger partial charge < -0.3 is 20.3 Å². The molecule has 44 heavy (non-hydrogen) atoms. The van der Waals surface area contributed by atoms with E-state index in [0.717, 1.165) is 81.7 Å². The summed E-state index contributed by atoms with van der Waals surface area (Å²) in [4.78, 5) is 40.5. The number of nitrogens with one attached hydrogen (secondary N) is 2. The molecule has 0 spiro atoms. The molecule has 1 saturated heterocycles. The van der Waals surface area contributed by atoms with Crippen LogP contribution in [0.2, 0.25) is 5.02 Å². The van der Waals surface area contributed by atoms with E-state index in [1.807, 2.05) is 18.2 Å². The lowest BCUT2D eigenvalue weighted by Gasteiger charge is -2.36. The van der Waals surface area contributed by atoms with Gasteiger partial charge in [0.05, 0.1) is 18.9 Å². The third kappa shape index (κ3) is 9.35. The lowest BCUT2D eigenvalue weighted by atomic mass is 9.87. The maximum absolute atomic E-state index is 12.5. The number of halogens is 1. The van der Waals surface area contributed by atoms with Gasteiger partial charge in [0.2, 0.25) is 11.8 Å². The van der Waals surface area contributed by atoms with Gasteiger partial charge >= 0.3 is 5.97 Å². The Morgan fingerprint density at radius 2 is 1.36 bits per heavy atom. The van der Waals surface area contributed by atoms with Crippen molar-refractivity contribution in [2.24, 2.45) is 35.5 Å². The van der Waals surface area contributed by atoms with Gasteiger partial charge in [-0.25, -0.2) is 0 Å². The summed E-state index contributed by atoms with van der Waals surface area (Å²) in [6.45, 7) is 9.85. The molecule has 5 fully saturated rings. The predicted octanol–water partition coefficient (Wildman–Crippen LogP) is 5.28. The van der Waals surface area contributed by atoms with Crippen LogP contribution in [0.15, 0.2) is 24.3 Å². The molecular weight excluding hydrogens is 576 g/mol. The standard InChI is InChI=1S/C22H32ClN3O.C13H21NO3/c1-16-5-7-19(8-6-16)24-22(27)21-13-17(21)15-25-9-11-26(12-10-25)20-4-2-3-18(23)14-20;1-8-3-5-9(6-4-8)14-12(15)10-7-11(10)13(16)17-2/h2-4,14,16-17,19,21H,5-13,15H2,1H3,(H,24,27);8-11H,3-7H2,1-2H3,(H,14,15)/t16?,17?,19?,21-;8?,9?,10-,11?/m00/s1. The van der Waals surface area contributed by atoms with Crippen LogP contribution in [0.4, 0.5) is 5.69 Å². The number of hydrogen-bond acceptors (Lipinski definition) is 6. The number of piperazine rings is 1. The highest BCUT2D eigenvalue weighted by atomic mass is 35.5. The lowest BCUT2D eigenvalue weighted by molar-refractivity contribution is -0.143. The molecular formula is C35H53ClN4O4. The Labute approximate surface area is 269 Å². The van der Waals surface area contributed by atoms with Crippen LogP contribution in [0.5, 0.6) is 0 Å². The smallest absolute Gasteiger partial charge is 0.309 e. The zero-order chi connectivity index (χ0) is 31.2. The number of anilines is 1. The van der Waals surface area contributed by atoms with Crippen LogP contribution in [0.1, 0.15) is 78.1 Å². The van der Waals surface area contributed by atoms with Gasteiger partial charge in [-0.3, -0.25) is 19.3 Å². The second kappa shape index (κ2) is 15.3. The molecule has 1 aliphatic heterocycles. The second-order valence-corrected chi connectivity index (χ2v) is 14.7. The maximum Gasteiger partial charge on any atom is 0.309 e. The van der Waals surface area contributed by atoms with Gasteiger partial charge in [-0.05, 0) is 100 Å². The van der Waals surface area contributed by atoms with Crippen molar-refractivity contribution in [3.8, 4) is 0 Å². The molecule has 1 aromatic carbocycles. The maximum atomic E-state index is 12.5. The number of hydrogen-bond donors (Lipinski definition) is 2. The van der Waals surface area contributed by atoms with Gasteiger partial charge in [-0.2, -0.15) is 0 Å². The van der Waals surface area contributed by atoms with E-state index in [-0.39, 0.29) is 29.6 Å². The Bertz CT molecular complexity index is 1130. The normalized spacial score (nSPS) is 33.3. The van der Waals surface area contributed by atoms with Crippen molar-refractivity contribution in [1.29, 1.82) is 0 Å². The van der Waals surface area contributed by atoms with Crippen LogP contribution >= 0.6 is 11.6 Å². The van der Waals surface area contributed by atoms with E-state index < -0.39 is 0 Å². The second-order valence-electron chi connectivity index (χ2n) is 14.3. The van der Waals surface area contributed by atoms with Crippen molar-refractivity contribution < 1.29 is 19.1 Å². The molecule has 0 aromatic heterocycles. The topological polar surface area (TPSA) is 91.0 Å². The van der Waals surface area contributed by atoms with Gasteiger partial charge in [-0.15, -0.1) is 0 Å². The Hall–Kier alpha value is -2.32. The first-order valence-electron chi connectivity index (χ1n) is 17.1. The summed E-state index contributed by atoms with van der Waals surface area (Å²) in [7, 11) is 1.37. The van der Waals surface area contributed by atoms with Crippen LogP contribution in [0, 0.1) is 35.5 Å². The van der Waals surface area contributed by atoms with Crippen LogP contribution in [-0.2, 0) is 19.1 Å². The Morgan fingerprint density at radius 1 is 0.795 bits per heavy atom. The zero-order valence-corrected chi connectivity index (χ0v) is 27.7. The van der Waals surface area contributed by atoms with E-state index in [2.05, 4.69) is 45.1 Å². The quantitative estimate of drug-likeness (QED) is 0.381. The average Bonchev–Trinajstić information content (AvgIpc) is 3.96. The van der Waals surface area contributed by atoms with Gasteiger partial charge in [0.1, 0.15) is 0 Å². The molecule has 8 nitrogen and oxygen atoms in total. The number of rotatable bonds is 8. The first kappa shape index (κ1) is 33.1. The van der Waals surface area contributed by atoms with E-state index in [1.54, 1.807) is 0 Å². The van der Waals surface area contributed by atoms with E-state index >= 15 is 0 Å². The summed E-state index contributed by atoms with van der Waals surface area (Å²) in [5.74, 6) is 2.22. The molecule has 2 N–H and O–H groups in total. The van der Waals surface area contributed by atoms with Crippen LogP contribution in [0.3, 0.4) is 0 Å². The Kier molecular flexibility index (Phi) is 11.5. The summed E-state index contributed by atoms with van der Waals surface area (Å²) in [5, 5.41) is 7.19. The molecule has 2 unspecified atom stereocenters. The first-order valence-corrected chi connectivity index (χ1v) is 17.5. The first-order chi connectivity index (χ1) is 21.2. The summed E-state index contributed by atoms with van der Waals surface area (Å²) in [5.41, 5.74) is 1.22. The molecule has 1 heterocycles. The predicted molar refractivity (Wildman–Crippen MR) is 174 cm³/mol. The minimum absolute atomic E-state index is 0.0416. The highest BCUT2D eigenvalue weighted by Gasteiger charge is 2.49. The molecule has 4 aliphatic carbocycles. The molecule has 5 aliphatic rings. The third-order valence-corrected chi connectivity index (χ3v) is 10.9. The molecule has 1 aromatic rings. The number of carbonyl (C=O) groups is 3. The molecule has 244 valence electrons. The number of methoxy groups -OCH3 is 1. The van der Waals surface area contributed by atoms with Crippen molar-refractivity contribution >= 4 is 35.1 Å². The van der Waals surface area contributed by atoms with E-state index in [1.165, 1.54) is 38.5 Å². The van der Waals surface area contributed by atoms with Crippen molar-refractivity contribution in [3.63, 3.8) is 0 Å². The Morgan fingerprint density at radius 3 is 1.91 bits per heavy atom. The van der Waals surface area contributed by atoms with Gasteiger partial charge in [0.15, 0.2) is 0 Å². The summed E-state index contributed by atoms with van der Waals surface area (Å²) in [6.07, 6.45) is 11.1. The van der Waals surface area contributed by atoms with Crippen molar-refractivity contribution in [1.82, 2.24) is 15.5 Å². The highest BCUT2D eigenvalue weighted by Crippen LogP contribution is 2.41. The third-order valence-electron chi connectivity index (χ3n) is 10.7. The average molecular weight is 629 g/mol. The number of nitrogens with zero attached hydrogens (tertiary/aromatic N) is 2. The van der Waals surface area contributed by atoms with Crippen molar-refractivity contribution in [2.45, 2.75) is 90.1 Å². The van der Waals surface area contributed by atoms with E-state index in [0.29, 0.717) is 30.3 Å². The van der Waals surface area contributed by atoms with Crippen molar-refractivity contribution in [3.05, 3.63) is 29.3 Å². The molecule has 6 rings (SSSR count). The van der Waals surface area contributed by atoms with Gasteiger partial charge in [-0.1, -0.05) is 31.5 Å². The van der Waals surface area contributed by atoms with E-state index in [9.17, 15) is 14.4 Å². The molecule has 9 heteroatoms. The minimum atomic E-state index is -0.248. The number of ether oxygens (including phenoxy) is 1. The van der Waals surface area contributed by atoms with Crippen LogP contribution < -0.4 is 15.5 Å². The highest BCUT2D eigenvalue weighted by molar-refractivity contribution is 6.30. The van der Waals surface area contributed by atoms with Gasteiger partial charge in [0, 0.05) is 61.4 Å². The largest absolute Gasteiger partial charge is 0.469 e. The van der Waals surface area contributed by atoms with Gasteiger partial charge in [0.25, 0.3) is 0 Å². The van der Waals surface area contributed by atoms with Crippen LogP contribution in [0.25, 0.3) is 0 Å². The number of carbonyl (C=O) groups excluding carboxylic acids is 3. The number of benzene rings is 1. The molecule has 4 saturated carbocycles. The van der Waals surface area contributed by atoms with Crippen LogP contribution in [-0.4, -0.2) is 74.6 Å². The molecule has 2 amide bonds. The fraction of sp³-hybridized carbons (Fsp3) is 0.743. The van der Waals surface area contributed by atoms with Crippen molar-refractivity contribution in [2.75, 3.05) is 44.7 Å². The van der Waals surface area contributed by atoms with E-state index in [4.69, 9.17) is 11.6 Å². The lowest BCUT2D eigenvalue weighted by Crippen LogP contribution is -2.47. The fourth-order valence-electron chi connectivity index (χ4n) is 7.29. The molecule has 4 atom stereocenters. The zero-order valence-electron chi connectivity index (χ0n) is 26.9. The SMILES string of the molecule is CC1CCC(NC(=O)[C@H]2CC2CN2CCN(c3cccc(Cl)c3)CC2)CC1.COC(=O)C1C[C@@H]1C(=O)NC1CCC(C)CC1. The molecule has 0 radical (unpaired) electrons. The summed E-state index contributed by atoms with van der Waals surface area (Å²) >= 11 is 6.12. The fourth-order valence-corrected chi connectivity index (χ4v) is 7.47. The summed E-state index contributed by atoms with van der Waals surface area (Å²) in [6, 6.07) is 8.87. The number of esters is 1. The molecule has 0 bridgehead atoms. The number of amides is 2. The monoisotopic (exact) mass is 628 g/mol. The Balaban J connectivity index is 0.000000195. The minimum Gasteiger partial charge on any atom is -0.469 e. The summed E-state index contributed by atoms with van der Waals surface area (Å²) < 4.78 is 4.64.